The van der Waals surface area contributed by atoms with E-state index in [1.807, 2.05) is 45.0 Å². The second-order valence-electron chi connectivity index (χ2n) is 8.29. The minimum Gasteiger partial charge on any atom is -0.493 e. The standard InChI is InChI=1S/C27H24N2O5/c1-5-33-20-9-7-17(14-21(20)32-4)24-23-25(30)18-12-15(2)6-8-19(18)34-26(23)27(31)29(24)22-13-16(3)10-11-28-22/h6-14,24H,5H2,1-4H3. The topological polar surface area (TPSA) is 81.9 Å². The van der Waals surface area contributed by atoms with Crippen LogP contribution in [0.3, 0.4) is 0 Å². The molecule has 3 heterocycles. The lowest BCUT2D eigenvalue weighted by Gasteiger charge is -2.25. The third-order valence-electron chi connectivity index (χ3n) is 5.98. The monoisotopic (exact) mass is 456 g/mol. The molecular weight excluding hydrogens is 432 g/mol. The average Bonchev–Trinajstić information content (AvgIpc) is 3.12. The van der Waals surface area contributed by atoms with Crippen LogP contribution in [0.25, 0.3) is 11.0 Å². The number of rotatable bonds is 5. The average molecular weight is 456 g/mol. The summed E-state index contributed by atoms with van der Waals surface area (Å²) in [5.74, 6) is 1.15. The molecule has 1 aliphatic heterocycles. The van der Waals surface area contributed by atoms with Crippen LogP contribution < -0.4 is 19.8 Å². The maximum Gasteiger partial charge on any atom is 0.296 e. The third kappa shape index (κ3) is 3.41. The number of amides is 1. The Bertz CT molecular complexity index is 1490. The highest BCUT2D eigenvalue weighted by Gasteiger charge is 2.44. The molecule has 1 unspecified atom stereocenters. The van der Waals surface area contributed by atoms with Crippen molar-refractivity contribution in [2.45, 2.75) is 26.8 Å². The van der Waals surface area contributed by atoms with Crippen molar-refractivity contribution in [1.82, 2.24) is 4.98 Å². The molecule has 7 nitrogen and oxygen atoms in total. The molecule has 1 aliphatic rings. The van der Waals surface area contributed by atoms with E-state index in [0.29, 0.717) is 40.5 Å². The van der Waals surface area contributed by atoms with Gasteiger partial charge in [0.1, 0.15) is 11.4 Å². The highest BCUT2D eigenvalue weighted by Crippen LogP contribution is 2.42. The predicted octanol–water partition coefficient (Wildman–Crippen LogP) is 4.96. The van der Waals surface area contributed by atoms with E-state index < -0.39 is 11.9 Å². The summed E-state index contributed by atoms with van der Waals surface area (Å²) in [5, 5.41) is 0.438. The van der Waals surface area contributed by atoms with Crippen LogP contribution >= 0.6 is 0 Å². The Hall–Kier alpha value is -4.13. The first-order valence-corrected chi connectivity index (χ1v) is 11.1. The van der Waals surface area contributed by atoms with E-state index in [1.165, 1.54) is 4.90 Å². The van der Waals surface area contributed by atoms with Gasteiger partial charge in [0.25, 0.3) is 5.91 Å². The summed E-state index contributed by atoms with van der Waals surface area (Å²) in [6.07, 6.45) is 1.64. The maximum absolute atomic E-state index is 13.8. The van der Waals surface area contributed by atoms with Crippen molar-refractivity contribution in [3.05, 3.63) is 93.0 Å². The number of pyridine rings is 1. The minimum atomic E-state index is -0.734. The predicted molar refractivity (Wildman–Crippen MR) is 129 cm³/mol. The van der Waals surface area contributed by atoms with Gasteiger partial charge in [0.05, 0.1) is 30.7 Å². The maximum atomic E-state index is 13.8. The van der Waals surface area contributed by atoms with Gasteiger partial charge in [0.15, 0.2) is 16.9 Å². The van der Waals surface area contributed by atoms with Gasteiger partial charge in [0, 0.05) is 6.20 Å². The number of aryl methyl sites for hydroxylation is 2. The number of benzene rings is 2. The molecule has 0 saturated heterocycles. The van der Waals surface area contributed by atoms with Crippen molar-refractivity contribution < 1.29 is 18.7 Å². The Morgan fingerprint density at radius 3 is 2.53 bits per heavy atom. The lowest BCUT2D eigenvalue weighted by atomic mass is 9.97. The van der Waals surface area contributed by atoms with E-state index in [4.69, 9.17) is 13.9 Å². The summed E-state index contributed by atoms with van der Waals surface area (Å²) in [6, 6.07) is 13.7. The molecule has 5 rings (SSSR count). The zero-order valence-electron chi connectivity index (χ0n) is 19.4. The van der Waals surface area contributed by atoms with E-state index >= 15 is 0 Å². The van der Waals surface area contributed by atoms with Crippen LogP contribution in [-0.4, -0.2) is 24.6 Å². The first kappa shape index (κ1) is 21.7. The number of hydrogen-bond acceptors (Lipinski definition) is 6. The van der Waals surface area contributed by atoms with Gasteiger partial charge in [-0.3, -0.25) is 14.5 Å². The summed E-state index contributed by atoms with van der Waals surface area (Å²) < 4.78 is 17.2. The van der Waals surface area contributed by atoms with Gasteiger partial charge >= 0.3 is 0 Å². The van der Waals surface area contributed by atoms with Crippen molar-refractivity contribution in [2.75, 3.05) is 18.6 Å². The molecule has 0 fully saturated rings. The zero-order valence-corrected chi connectivity index (χ0v) is 19.4. The molecule has 172 valence electrons. The largest absolute Gasteiger partial charge is 0.493 e. The number of methoxy groups -OCH3 is 1. The lowest BCUT2D eigenvalue weighted by molar-refractivity contribution is 0.0970. The summed E-state index contributed by atoms with van der Waals surface area (Å²) in [4.78, 5) is 33.4. The van der Waals surface area contributed by atoms with E-state index in [-0.39, 0.29) is 16.8 Å². The van der Waals surface area contributed by atoms with Crippen molar-refractivity contribution in [3.8, 4) is 11.5 Å². The molecule has 0 saturated carbocycles. The molecule has 1 atom stereocenters. The summed E-state index contributed by atoms with van der Waals surface area (Å²) in [7, 11) is 1.56. The first-order valence-electron chi connectivity index (χ1n) is 11.1. The first-order chi connectivity index (χ1) is 16.4. The second kappa shape index (κ2) is 8.33. The smallest absolute Gasteiger partial charge is 0.296 e. The molecule has 0 spiro atoms. The van der Waals surface area contributed by atoms with Crippen molar-refractivity contribution >= 4 is 22.7 Å². The SMILES string of the molecule is CCOc1ccc(C2c3c(oc4ccc(C)cc4c3=O)C(=O)N2c2cc(C)ccn2)cc1OC. The molecule has 2 aromatic heterocycles. The van der Waals surface area contributed by atoms with Gasteiger partial charge in [-0.05, 0) is 68.3 Å². The molecule has 2 aromatic carbocycles. The van der Waals surface area contributed by atoms with Crippen molar-refractivity contribution in [3.63, 3.8) is 0 Å². The molecule has 0 bridgehead atoms. The molecular formula is C27H24N2O5. The fourth-order valence-electron chi connectivity index (χ4n) is 4.42. The molecule has 0 radical (unpaired) electrons. The van der Waals surface area contributed by atoms with Gasteiger partial charge in [-0.25, -0.2) is 4.98 Å². The Balaban J connectivity index is 1.80. The van der Waals surface area contributed by atoms with Crippen LogP contribution in [0.5, 0.6) is 11.5 Å². The van der Waals surface area contributed by atoms with Crippen molar-refractivity contribution in [1.29, 1.82) is 0 Å². The lowest BCUT2D eigenvalue weighted by Crippen LogP contribution is -2.30. The van der Waals surface area contributed by atoms with Crippen molar-refractivity contribution in [2.24, 2.45) is 0 Å². The summed E-state index contributed by atoms with van der Waals surface area (Å²) in [5.41, 5.74) is 3.00. The number of anilines is 1. The molecule has 1 amide bonds. The quantitative estimate of drug-likeness (QED) is 0.422. The van der Waals surface area contributed by atoms with E-state index in [1.54, 1.807) is 37.6 Å². The number of ether oxygens (including phenoxy) is 2. The van der Waals surface area contributed by atoms with E-state index in [0.717, 1.165) is 11.1 Å². The van der Waals surface area contributed by atoms with Crippen LogP contribution in [0.2, 0.25) is 0 Å². The zero-order chi connectivity index (χ0) is 24.0. The van der Waals surface area contributed by atoms with Gasteiger partial charge in [-0.15, -0.1) is 0 Å². The van der Waals surface area contributed by atoms with E-state index in [2.05, 4.69) is 4.98 Å². The summed E-state index contributed by atoms with van der Waals surface area (Å²) in [6.45, 7) is 6.21. The second-order valence-corrected chi connectivity index (χ2v) is 8.29. The van der Waals surface area contributed by atoms with Gasteiger partial charge < -0.3 is 13.9 Å². The summed E-state index contributed by atoms with van der Waals surface area (Å²) >= 11 is 0. The number of aromatic nitrogens is 1. The number of carbonyl (C=O) groups excluding carboxylic acids is 1. The van der Waals surface area contributed by atoms with Gasteiger partial charge in [-0.2, -0.15) is 0 Å². The molecule has 0 aliphatic carbocycles. The van der Waals surface area contributed by atoms with Crippen LogP contribution in [0.15, 0.2) is 63.9 Å². The normalized spacial score (nSPS) is 15.0. The number of hydrogen-bond donors (Lipinski definition) is 0. The molecule has 0 N–H and O–H groups in total. The fraction of sp³-hybridized carbons (Fsp3) is 0.222. The number of fused-ring (bicyclic) bond motifs is 2. The highest BCUT2D eigenvalue weighted by atomic mass is 16.5. The Labute approximate surface area is 196 Å². The molecule has 4 aromatic rings. The number of carbonyl (C=O) groups is 1. The van der Waals surface area contributed by atoms with E-state index in [9.17, 15) is 9.59 Å². The van der Waals surface area contributed by atoms with Gasteiger partial charge in [0.2, 0.25) is 5.76 Å². The van der Waals surface area contributed by atoms with Crippen LogP contribution in [0.4, 0.5) is 5.82 Å². The van der Waals surface area contributed by atoms with Crippen LogP contribution in [0, 0.1) is 13.8 Å². The Kier molecular flexibility index (Phi) is 5.32. The highest BCUT2D eigenvalue weighted by molar-refractivity contribution is 6.10. The van der Waals surface area contributed by atoms with Crippen LogP contribution in [-0.2, 0) is 0 Å². The Morgan fingerprint density at radius 2 is 1.79 bits per heavy atom. The number of nitrogens with zero attached hydrogens (tertiary/aromatic N) is 2. The molecule has 34 heavy (non-hydrogen) atoms. The molecule has 7 heteroatoms. The minimum absolute atomic E-state index is 0.0301. The third-order valence-corrected chi connectivity index (χ3v) is 5.98. The Morgan fingerprint density at radius 1 is 1.00 bits per heavy atom. The fourth-order valence-corrected chi connectivity index (χ4v) is 4.42. The van der Waals surface area contributed by atoms with Crippen LogP contribution in [0.1, 0.15) is 45.8 Å². The van der Waals surface area contributed by atoms with Gasteiger partial charge in [-0.1, -0.05) is 17.7 Å².